The number of aliphatic hydroxyl groups excluding tert-OH is 1. The molecule has 0 bridgehead atoms. The van der Waals surface area contributed by atoms with E-state index in [2.05, 4.69) is 30.9 Å². The molecular weight excluding hydrogens is 964 g/mol. The van der Waals surface area contributed by atoms with Crippen molar-refractivity contribution in [1.82, 2.24) is 35.4 Å². The van der Waals surface area contributed by atoms with Gasteiger partial charge in [0, 0.05) is 49.6 Å². The molecule has 0 spiro atoms. The number of piperidine rings is 1. The van der Waals surface area contributed by atoms with Gasteiger partial charge in [-0.2, -0.15) is 13.2 Å². The number of aliphatic hydroxyl groups is 1. The first-order valence-corrected chi connectivity index (χ1v) is 25.4. The first-order chi connectivity index (χ1) is 34.5. The third kappa shape index (κ3) is 13.2. The molecule has 2 aliphatic rings. The number of anilines is 2. The van der Waals surface area contributed by atoms with Crippen molar-refractivity contribution in [3.05, 3.63) is 93.9 Å². The molecule has 4 heterocycles. The number of amides is 4. The monoisotopic (exact) mass is 1030 g/mol. The zero-order valence-corrected chi connectivity index (χ0v) is 43.4. The van der Waals surface area contributed by atoms with Gasteiger partial charge in [0.1, 0.15) is 29.5 Å². The molecule has 392 valence electrons. The van der Waals surface area contributed by atoms with Gasteiger partial charge >= 0.3 is 6.18 Å². The summed E-state index contributed by atoms with van der Waals surface area (Å²) in [5.74, 6) is 0.172. The predicted molar refractivity (Wildman–Crippen MR) is 274 cm³/mol. The van der Waals surface area contributed by atoms with Gasteiger partial charge < -0.3 is 46.1 Å². The number of carbonyl (C=O) groups is 4. The molecule has 20 heteroatoms. The second-order valence-electron chi connectivity index (χ2n) is 20.1. The lowest BCUT2D eigenvalue weighted by Crippen LogP contribution is -2.58. The molecule has 6 N–H and O–H groups in total. The average molecular weight is 1030 g/mol. The summed E-state index contributed by atoms with van der Waals surface area (Å²) in [5.41, 5.74) is 10.8. The van der Waals surface area contributed by atoms with E-state index >= 15 is 0 Å². The van der Waals surface area contributed by atoms with Gasteiger partial charge in [0.05, 0.1) is 72.1 Å². The second-order valence-corrected chi connectivity index (χ2v) is 21.0. The Kier molecular flexibility index (Phi) is 17.0. The van der Waals surface area contributed by atoms with Gasteiger partial charge in [-0.05, 0) is 98.4 Å². The summed E-state index contributed by atoms with van der Waals surface area (Å²) in [4.78, 5) is 72.3. The van der Waals surface area contributed by atoms with E-state index in [9.17, 15) is 37.5 Å². The van der Waals surface area contributed by atoms with Crippen molar-refractivity contribution in [2.24, 2.45) is 5.41 Å². The number of hydrogen-bond donors (Lipinski definition) is 5. The van der Waals surface area contributed by atoms with Gasteiger partial charge in [-0.15, -0.1) is 11.3 Å². The maximum absolute atomic E-state index is 14.2. The largest absolute Gasteiger partial charge is 0.496 e. The van der Waals surface area contributed by atoms with E-state index < -0.39 is 59.1 Å². The van der Waals surface area contributed by atoms with Gasteiger partial charge in [0.15, 0.2) is 0 Å². The van der Waals surface area contributed by atoms with Crippen molar-refractivity contribution in [3.63, 3.8) is 0 Å². The fraction of sp³-hybridized carbons (Fsp3) is 0.491. The molecule has 2 fully saturated rings. The number of methoxy groups -OCH3 is 1. The maximum atomic E-state index is 14.2. The number of β-amino-alcohol motifs (C(OH)–C–C–N with tert-alkyl or cyclic N) is 1. The molecule has 2 aromatic heterocycles. The minimum atomic E-state index is -4.56. The molecular formula is C53H66F3N9O7S. The van der Waals surface area contributed by atoms with Gasteiger partial charge in [0.2, 0.25) is 23.6 Å². The van der Waals surface area contributed by atoms with Crippen LogP contribution in [0.2, 0.25) is 0 Å². The number of halogens is 3. The molecule has 0 aliphatic carbocycles. The van der Waals surface area contributed by atoms with Crippen LogP contribution < -0.4 is 26.4 Å². The van der Waals surface area contributed by atoms with Crippen LogP contribution in [-0.2, 0) is 30.1 Å². The highest BCUT2D eigenvalue weighted by atomic mass is 32.1. The van der Waals surface area contributed by atoms with E-state index in [1.807, 2.05) is 71.0 Å². The Bertz CT molecular complexity index is 2790. The lowest BCUT2D eigenvalue weighted by atomic mass is 9.85. The van der Waals surface area contributed by atoms with Crippen molar-refractivity contribution in [3.8, 4) is 16.2 Å². The molecule has 16 nitrogen and oxygen atoms in total. The van der Waals surface area contributed by atoms with Gasteiger partial charge in [-0.25, -0.2) is 15.0 Å². The van der Waals surface area contributed by atoms with Crippen LogP contribution in [-0.4, -0.2) is 112 Å². The number of rotatable bonds is 17. The highest BCUT2D eigenvalue weighted by Crippen LogP contribution is 2.40. The van der Waals surface area contributed by atoms with E-state index in [1.165, 1.54) is 11.0 Å². The summed E-state index contributed by atoms with van der Waals surface area (Å²) in [5, 5.41) is 20.5. The number of likely N-dealkylation sites (tertiary alicyclic amines) is 2. The van der Waals surface area contributed by atoms with Crippen molar-refractivity contribution < 1.29 is 46.9 Å². The summed E-state index contributed by atoms with van der Waals surface area (Å²) < 4.78 is 52.4. The van der Waals surface area contributed by atoms with Crippen LogP contribution in [0.5, 0.6) is 5.75 Å². The Balaban J connectivity index is 0.883. The number of nitrogens with two attached hydrogens (primary N) is 1. The number of ether oxygens (including phenoxy) is 2. The fourth-order valence-electron chi connectivity index (χ4n) is 9.55. The van der Waals surface area contributed by atoms with Crippen molar-refractivity contribution in [2.45, 2.75) is 123 Å². The first kappa shape index (κ1) is 54.4. The van der Waals surface area contributed by atoms with E-state index in [0.29, 0.717) is 59.8 Å². The number of nitrogens with one attached hydrogen (secondary N) is 3. The Morgan fingerprint density at radius 1 is 0.918 bits per heavy atom. The third-order valence-electron chi connectivity index (χ3n) is 13.6. The highest BCUT2D eigenvalue weighted by molar-refractivity contribution is 7.13. The minimum absolute atomic E-state index is 0.0000886. The number of carbonyl (C=O) groups excluding carboxylic acids is 4. The van der Waals surface area contributed by atoms with Crippen molar-refractivity contribution in [1.29, 1.82) is 0 Å². The van der Waals surface area contributed by atoms with Gasteiger partial charge in [-0.1, -0.05) is 45.0 Å². The number of nitrogens with zero attached hydrogens (tertiary/aromatic N) is 5. The number of nitrogen functional groups attached to an aromatic ring is 1. The van der Waals surface area contributed by atoms with E-state index in [0.717, 1.165) is 39.4 Å². The summed E-state index contributed by atoms with van der Waals surface area (Å²) in [7, 11) is 1.58. The molecule has 5 atom stereocenters. The van der Waals surface area contributed by atoms with E-state index in [1.54, 1.807) is 42.7 Å². The number of benzene rings is 3. The average Bonchev–Trinajstić information content (AvgIpc) is 3.96. The molecule has 0 saturated carbocycles. The Morgan fingerprint density at radius 3 is 2.26 bits per heavy atom. The predicted octanol–water partition coefficient (Wildman–Crippen LogP) is 8.03. The summed E-state index contributed by atoms with van der Waals surface area (Å²) >= 11 is 1.56. The van der Waals surface area contributed by atoms with Crippen molar-refractivity contribution >= 4 is 57.4 Å². The van der Waals surface area contributed by atoms with Crippen molar-refractivity contribution in [2.75, 3.05) is 51.0 Å². The molecule has 73 heavy (non-hydrogen) atoms. The summed E-state index contributed by atoms with van der Waals surface area (Å²) in [6, 6.07) is 12.2. The van der Waals surface area contributed by atoms with Crippen LogP contribution in [0.15, 0.2) is 60.1 Å². The standard InChI is InChI=1S/C53H66F3N9O7S/c1-29(33-9-11-35(12-10-33)47-31(3)58-28-73-47)60-50(69)43-24-39(66)27-65(43)51(70)48(52(5,6)7)63-45(67)15-19-72-20-16-46(68)64-17-13-34(14-18-64)40-25-41-42(26-44(40)71-8)61-32(4)62-49(41)59-30(2)36-21-37(53(54,55)56)23-38(57)22-36/h9-12,21-23,25-26,28-30,34,39,43,48,66H,13-20,24,27,57H2,1-8H3,(H,60,69)(H,63,67)(H,59,61,62)/t29-,30+,39+,43-,48+/m0/s1. The summed E-state index contributed by atoms with van der Waals surface area (Å²) in [6.07, 6.45) is -4.09. The molecule has 0 unspecified atom stereocenters. The molecule has 2 saturated heterocycles. The van der Waals surface area contributed by atoms with Crippen LogP contribution in [0.1, 0.15) is 118 Å². The number of thiazole rings is 1. The van der Waals surface area contributed by atoms with Crippen LogP contribution in [0.3, 0.4) is 0 Å². The van der Waals surface area contributed by atoms with E-state index in [4.69, 9.17) is 15.2 Å². The molecule has 3 aromatic carbocycles. The number of aromatic nitrogens is 3. The molecule has 7 rings (SSSR count). The molecule has 4 amide bonds. The smallest absolute Gasteiger partial charge is 0.416 e. The van der Waals surface area contributed by atoms with Crippen LogP contribution in [0.4, 0.5) is 24.7 Å². The Morgan fingerprint density at radius 2 is 1.62 bits per heavy atom. The van der Waals surface area contributed by atoms with Crippen LogP contribution >= 0.6 is 11.3 Å². The third-order valence-corrected chi connectivity index (χ3v) is 14.6. The number of alkyl halides is 3. The Hall–Kier alpha value is -6.38. The SMILES string of the molecule is COc1cc2nc(C)nc(N[C@H](C)c3cc(N)cc(C(F)(F)F)c3)c2cc1C1CCN(C(=O)CCOCCC(=O)N[C@H](C(=O)N2C[C@H](O)C[C@H]2C(=O)N[C@@H](C)c2ccc(-c3scnc3C)cc2)C(C)(C)C)CC1. The molecule has 5 aromatic rings. The lowest BCUT2D eigenvalue weighted by molar-refractivity contribution is -0.144. The lowest BCUT2D eigenvalue weighted by Gasteiger charge is -2.35. The number of aryl methyl sites for hydroxylation is 2. The Labute approximate surface area is 427 Å². The fourth-order valence-corrected chi connectivity index (χ4v) is 10.4. The minimum Gasteiger partial charge on any atom is -0.496 e. The zero-order valence-electron chi connectivity index (χ0n) is 42.6. The highest BCUT2D eigenvalue weighted by Gasteiger charge is 2.45. The quantitative estimate of drug-likeness (QED) is 0.0442. The second kappa shape index (κ2) is 22.8. The topological polar surface area (TPSA) is 214 Å². The maximum Gasteiger partial charge on any atom is 0.416 e. The zero-order chi connectivity index (χ0) is 52.9. The van der Waals surface area contributed by atoms with Crippen LogP contribution in [0.25, 0.3) is 21.3 Å². The number of hydrogen-bond acceptors (Lipinski definition) is 13. The molecule has 0 radical (unpaired) electrons. The van der Waals surface area contributed by atoms with Crippen LogP contribution in [0, 0.1) is 19.3 Å². The normalized spacial score (nSPS) is 17.8. The molecule has 2 aliphatic heterocycles. The summed E-state index contributed by atoms with van der Waals surface area (Å²) in [6.45, 7) is 13.8. The first-order valence-electron chi connectivity index (χ1n) is 24.5. The van der Waals surface area contributed by atoms with Gasteiger partial charge in [-0.3, -0.25) is 19.2 Å². The van der Waals surface area contributed by atoms with Gasteiger partial charge in [0.25, 0.3) is 0 Å². The number of fused-ring (bicyclic) bond motifs is 1. The van der Waals surface area contributed by atoms with E-state index in [-0.39, 0.29) is 62.6 Å².